The van der Waals surface area contributed by atoms with Gasteiger partial charge in [0.2, 0.25) is 0 Å². The molecule has 0 saturated carbocycles. The van der Waals surface area contributed by atoms with Crippen LogP contribution in [0.15, 0.2) is 109 Å². The molecule has 0 fully saturated rings. The van der Waals surface area contributed by atoms with Gasteiger partial charge in [-0.15, -0.1) is 69.1 Å². The zero-order valence-electron chi connectivity index (χ0n) is 31.9. The van der Waals surface area contributed by atoms with Gasteiger partial charge in [0.05, 0.1) is 0 Å². The molecule has 2 unspecified atom stereocenters. The molecule has 2 atom stereocenters. The van der Waals surface area contributed by atoms with E-state index in [4.69, 9.17) is 17.0 Å². The fourth-order valence-corrected chi connectivity index (χ4v) is 6.43. The Kier molecular flexibility index (Phi) is 18.0. The molecule has 50 heavy (non-hydrogen) atoms. The molecular weight excluding hydrogens is 743 g/mol. The number of benzene rings is 4. The Morgan fingerprint density at radius 2 is 0.880 bits per heavy atom. The number of hydrogen-bond donors (Lipinski definition) is 0. The molecule has 0 saturated heterocycles. The van der Waals surface area contributed by atoms with Crippen molar-refractivity contribution < 1.29 is 20.8 Å². The van der Waals surface area contributed by atoms with Gasteiger partial charge in [-0.25, -0.2) is 0 Å². The first-order chi connectivity index (χ1) is 24.1. The number of fused-ring (bicyclic) bond motifs is 2. The van der Waals surface area contributed by atoms with E-state index in [9.17, 15) is 0 Å². The van der Waals surface area contributed by atoms with Crippen LogP contribution < -0.4 is 0 Å². The van der Waals surface area contributed by atoms with Crippen LogP contribution in [0.4, 0.5) is 0 Å². The van der Waals surface area contributed by atoms with E-state index in [-0.39, 0.29) is 0 Å². The maximum absolute atomic E-state index is 4.93. The molecule has 0 aliphatic carbocycles. The summed E-state index contributed by atoms with van der Waals surface area (Å²) >= 11 is -0.826. The summed E-state index contributed by atoms with van der Waals surface area (Å²) in [5, 5.41) is 5.56. The van der Waals surface area contributed by atoms with Crippen LogP contribution in [0.2, 0.25) is 13.1 Å². The van der Waals surface area contributed by atoms with E-state index in [1.54, 1.807) is 0 Å². The molecule has 0 heterocycles. The van der Waals surface area contributed by atoms with Crippen molar-refractivity contribution in [1.29, 1.82) is 0 Å². The van der Waals surface area contributed by atoms with Crippen molar-refractivity contribution in [3.05, 3.63) is 131 Å². The van der Waals surface area contributed by atoms with Crippen LogP contribution in [0.5, 0.6) is 0 Å². The summed E-state index contributed by atoms with van der Waals surface area (Å²) in [5.74, 6) is 2.31. The van der Waals surface area contributed by atoms with Crippen LogP contribution >= 0.6 is 17.0 Å². The molecular formula is C46H56Cl2SiZr. The zero-order valence-corrected chi connectivity index (χ0v) is 36.8. The quantitative estimate of drug-likeness (QED) is 0.106. The van der Waals surface area contributed by atoms with Crippen LogP contribution in [0.25, 0.3) is 43.8 Å². The molecule has 6 aromatic carbocycles. The molecule has 2 radical (unpaired) electrons. The van der Waals surface area contributed by atoms with Crippen LogP contribution in [0, 0.1) is 0 Å². The van der Waals surface area contributed by atoms with E-state index in [1.807, 2.05) is 0 Å². The van der Waals surface area contributed by atoms with Crippen molar-refractivity contribution in [3.8, 4) is 22.3 Å². The number of halogens is 2. The summed E-state index contributed by atoms with van der Waals surface area (Å²) in [5.41, 5.74) is 11.4. The van der Waals surface area contributed by atoms with Crippen molar-refractivity contribution in [1.82, 2.24) is 0 Å². The summed E-state index contributed by atoms with van der Waals surface area (Å²) in [6.07, 6.45) is 2.34. The van der Waals surface area contributed by atoms with E-state index in [0.717, 1.165) is 9.52 Å². The first kappa shape index (κ1) is 42.2. The van der Waals surface area contributed by atoms with Gasteiger partial charge in [-0.2, -0.15) is 12.1 Å². The Hall–Kier alpha value is -2.22. The van der Waals surface area contributed by atoms with Gasteiger partial charge in [0.15, 0.2) is 0 Å². The molecule has 0 spiro atoms. The molecule has 0 aromatic heterocycles. The SMILES string of the molecule is CCC(C)c1ccc2[cH-]c(C(C)C)cc2c1-c1ccccc1.CCC(C)c1ccc2[cH-]c(C(C)C)cc2c1-c1ccccc1.C[Si]C.[Cl][Zr+2][Cl]. The van der Waals surface area contributed by atoms with E-state index in [2.05, 4.69) is 178 Å². The third-order valence-corrected chi connectivity index (χ3v) is 9.63. The molecule has 0 aliphatic rings. The van der Waals surface area contributed by atoms with Gasteiger partial charge in [-0.1, -0.05) is 151 Å². The van der Waals surface area contributed by atoms with Crippen molar-refractivity contribution >= 4 is 48.1 Å². The summed E-state index contributed by atoms with van der Waals surface area (Å²) in [6, 6.07) is 40.5. The summed E-state index contributed by atoms with van der Waals surface area (Å²) in [6.45, 7) is 22.6. The van der Waals surface area contributed by atoms with Crippen LogP contribution in [0.3, 0.4) is 0 Å². The van der Waals surface area contributed by atoms with E-state index < -0.39 is 20.8 Å². The first-order valence-electron chi connectivity index (χ1n) is 18.2. The Bertz CT molecular complexity index is 1710. The Morgan fingerprint density at radius 3 is 1.16 bits per heavy atom. The van der Waals surface area contributed by atoms with Crippen molar-refractivity contribution in [3.63, 3.8) is 0 Å². The zero-order chi connectivity index (χ0) is 36.8. The van der Waals surface area contributed by atoms with Gasteiger partial charge < -0.3 is 0 Å². The summed E-state index contributed by atoms with van der Waals surface area (Å²) in [7, 11) is 11.0. The van der Waals surface area contributed by atoms with Crippen LogP contribution in [0.1, 0.15) is 114 Å². The molecule has 0 amide bonds. The number of rotatable bonds is 8. The van der Waals surface area contributed by atoms with Crippen molar-refractivity contribution in [2.75, 3.05) is 0 Å². The fourth-order valence-electron chi connectivity index (χ4n) is 6.43. The van der Waals surface area contributed by atoms with Gasteiger partial charge in [0.25, 0.3) is 0 Å². The van der Waals surface area contributed by atoms with Crippen LogP contribution in [-0.2, 0) is 20.8 Å². The van der Waals surface area contributed by atoms with Crippen LogP contribution in [-0.4, -0.2) is 9.52 Å². The molecule has 262 valence electrons. The normalized spacial score (nSPS) is 12.0. The second-order valence-electron chi connectivity index (χ2n) is 13.9. The Balaban J connectivity index is 0.000000234. The minimum absolute atomic E-state index is 0.572. The monoisotopic (exact) mass is 796 g/mol. The maximum atomic E-state index is 4.93. The van der Waals surface area contributed by atoms with Crippen molar-refractivity contribution in [2.45, 2.75) is 105 Å². The van der Waals surface area contributed by atoms with E-state index in [0.29, 0.717) is 23.7 Å². The van der Waals surface area contributed by atoms with Gasteiger partial charge in [0, 0.05) is 9.52 Å². The molecule has 6 aromatic rings. The van der Waals surface area contributed by atoms with Gasteiger partial charge in [-0.3, -0.25) is 0 Å². The third-order valence-electron chi connectivity index (χ3n) is 9.63. The predicted molar refractivity (Wildman–Crippen MR) is 225 cm³/mol. The molecule has 4 heteroatoms. The number of hydrogen-bond acceptors (Lipinski definition) is 0. The Morgan fingerprint density at radius 1 is 0.560 bits per heavy atom. The topological polar surface area (TPSA) is 0 Å². The predicted octanol–water partition coefficient (Wildman–Crippen LogP) is 15.9. The van der Waals surface area contributed by atoms with Gasteiger partial charge >= 0.3 is 37.9 Å². The van der Waals surface area contributed by atoms with Gasteiger partial charge in [-0.05, 0) is 47.6 Å². The van der Waals surface area contributed by atoms with Crippen molar-refractivity contribution in [2.24, 2.45) is 0 Å². The van der Waals surface area contributed by atoms with Gasteiger partial charge in [0.1, 0.15) is 0 Å². The second-order valence-corrected chi connectivity index (χ2v) is 18.6. The molecule has 6 rings (SSSR count). The fraction of sp³-hybridized carbons (Fsp3) is 0.348. The van der Waals surface area contributed by atoms with E-state index >= 15 is 0 Å². The minimum atomic E-state index is -0.826. The third kappa shape index (κ3) is 10.9. The average molecular weight is 799 g/mol. The second kappa shape index (κ2) is 21.3. The molecule has 0 aliphatic heterocycles. The molecule has 0 N–H and O–H groups in total. The standard InChI is InChI=1S/2C22H25.C2H6Si.2ClH.Zr/c2*1-5-16(4)20-12-11-18-13-19(15(2)3)14-21(18)22(20)17-9-7-6-8-10-17;1-3-2;;;/h2*6-16H,5H2,1-4H3;1-2H3;2*1H;/q2*-1;;;;+4/p-2. The summed E-state index contributed by atoms with van der Waals surface area (Å²) in [4.78, 5) is 0. The first-order valence-corrected chi connectivity index (χ1v) is 26.5. The molecule has 0 bridgehead atoms. The average Bonchev–Trinajstić information content (AvgIpc) is 3.77. The summed E-state index contributed by atoms with van der Waals surface area (Å²) < 4.78 is 0. The van der Waals surface area contributed by atoms with E-state index in [1.165, 1.54) is 78.9 Å². The Labute approximate surface area is 325 Å². The molecule has 0 nitrogen and oxygen atoms in total.